The van der Waals surface area contributed by atoms with Crippen LogP contribution in [0.25, 0.3) is 10.2 Å². The Morgan fingerprint density at radius 1 is 1.36 bits per heavy atom. The number of thiazole rings is 1. The summed E-state index contributed by atoms with van der Waals surface area (Å²) in [7, 11) is 0. The van der Waals surface area contributed by atoms with Crippen LogP contribution in [-0.4, -0.2) is 28.9 Å². The van der Waals surface area contributed by atoms with Crippen LogP contribution >= 0.6 is 11.3 Å². The Morgan fingerprint density at radius 2 is 2.18 bits per heavy atom. The maximum Gasteiger partial charge on any atom is 0.279 e. The van der Waals surface area contributed by atoms with Gasteiger partial charge in [0.2, 0.25) is 0 Å². The molecule has 4 rings (SSSR count). The van der Waals surface area contributed by atoms with Crippen molar-refractivity contribution in [3.63, 3.8) is 0 Å². The molecule has 0 bridgehead atoms. The molecule has 2 atom stereocenters. The second kappa shape index (κ2) is 7.65. The zero-order valence-corrected chi connectivity index (χ0v) is 16.3. The van der Waals surface area contributed by atoms with Crippen LogP contribution in [0.15, 0.2) is 42.5 Å². The number of nitrogens with zero attached hydrogens (tertiary/aromatic N) is 2. The lowest BCUT2D eigenvalue weighted by Crippen LogP contribution is -3.11. The van der Waals surface area contributed by atoms with E-state index < -0.39 is 4.92 Å². The average molecular weight is 397 g/mol. The summed E-state index contributed by atoms with van der Waals surface area (Å²) in [4.78, 5) is 29.1. The van der Waals surface area contributed by atoms with E-state index in [1.54, 1.807) is 17.4 Å². The zero-order valence-electron chi connectivity index (χ0n) is 15.5. The molecule has 8 heteroatoms. The van der Waals surface area contributed by atoms with Crippen molar-refractivity contribution in [2.45, 2.75) is 25.8 Å². The van der Waals surface area contributed by atoms with Gasteiger partial charge in [-0.15, -0.1) is 11.3 Å². The Morgan fingerprint density at radius 3 is 2.96 bits per heavy atom. The second-order valence-corrected chi connectivity index (χ2v) is 8.17. The van der Waals surface area contributed by atoms with Gasteiger partial charge in [-0.05, 0) is 24.6 Å². The molecule has 1 fully saturated rings. The molecule has 0 aliphatic carbocycles. The monoisotopic (exact) mass is 397 g/mol. The number of carbonyl (C=O) groups excluding carboxylic acids is 1. The summed E-state index contributed by atoms with van der Waals surface area (Å²) >= 11 is 1.70. The Hall–Kier alpha value is -2.84. The van der Waals surface area contributed by atoms with Crippen LogP contribution in [0.2, 0.25) is 0 Å². The Kier molecular flexibility index (Phi) is 5.06. The number of hydrogen-bond donors (Lipinski definition) is 2. The minimum Gasteiger partial charge on any atom is -0.321 e. The number of anilines is 1. The van der Waals surface area contributed by atoms with Crippen LogP contribution in [-0.2, 0) is 4.79 Å². The first-order chi connectivity index (χ1) is 13.5. The average Bonchev–Trinajstić information content (AvgIpc) is 3.29. The molecule has 7 nitrogen and oxygen atoms in total. The number of quaternary nitrogens is 1. The highest BCUT2D eigenvalue weighted by Gasteiger charge is 2.34. The number of non-ortho nitro benzene ring substituents is 1. The number of likely N-dealkylation sites (tertiary alicyclic amines) is 1. The van der Waals surface area contributed by atoms with E-state index in [4.69, 9.17) is 4.98 Å². The number of nitrogens with one attached hydrogen (secondary N) is 2. The van der Waals surface area contributed by atoms with Crippen molar-refractivity contribution in [3.05, 3.63) is 63.1 Å². The summed E-state index contributed by atoms with van der Waals surface area (Å²) in [6.45, 7) is 3.07. The van der Waals surface area contributed by atoms with Gasteiger partial charge in [0.05, 0.1) is 27.4 Å². The second-order valence-electron chi connectivity index (χ2n) is 7.10. The smallest absolute Gasteiger partial charge is 0.279 e. The predicted octanol–water partition coefficient (Wildman–Crippen LogP) is 2.87. The lowest BCUT2D eigenvalue weighted by atomic mass is 10.2. The number of nitro benzene ring substituents is 1. The SMILES string of the molecule is Cc1ccc([N+](=O)[O-])cc1NC(=O)C[NH+]1CCC[C@H]1c1nc2ccccc2s1. The summed E-state index contributed by atoms with van der Waals surface area (Å²) in [5.41, 5.74) is 2.28. The van der Waals surface area contributed by atoms with Crippen molar-refractivity contribution < 1.29 is 14.6 Å². The number of para-hydroxylation sites is 1. The Balaban J connectivity index is 1.48. The molecule has 2 heterocycles. The zero-order chi connectivity index (χ0) is 19.7. The Bertz CT molecular complexity index is 1020. The molecule has 2 N–H and O–H groups in total. The summed E-state index contributed by atoms with van der Waals surface area (Å²) in [5.74, 6) is -0.133. The molecule has 28 heavy (non-hydrogen) atoms. The molecular formula is C20H21N4O3S+. The van der Waals surface area contributed by atoms with Crippen molar-refractivity contribution in [3.8, 4) is 0 Å². The first kappa shape index (κ1) is 18.5. The molecule has 1 aliphatic heterocycles. The third kappa shape index (κ3) is 3.74. The summed E-state index contributed by atoms with van der Waals surface area (Å²) in [6.07, 6.45) is 2.07. The fourth-order valence-electron chi connectivity index (χ4n) is 3.72. The summed E-state index contributed by atoms with van der Waals surface area (Å²) < 4.78 is 1.17. The van der Waals surface area contributed by atoms with Crippen molar-refractivity contribution in [1.29, 1.82) is 0 Å². The number of hydrogen-bond acceptors (Lipinski definition) is 5. The lowest BCUT2D eigenvalue weighted by Gasteiger charge is -2.19. The van der Waals surface area contributed by atoms with E-state index in [1.807, 2.05) is 25.1 Å². The summed E-state index contributed by atoms with van der Waals surface area (Å²) in [6, 6.07) is 12.8. The number of carbonyl (C=O) groups is 1. The highest BCUT2D eigenvalue weighted by Crippen LogP contribution is 2.28. The van der Waals surface area contributed by atoms with E-state index in [-0.39, 0.29) is 17.6 Å². The molecule has 3 aromatic rings. The van der Waals surface area contributed by atoms with Crippen LogP contribution < -0.4 is 10.2 Å². The van der Waals surface area contributed by atoms with Crippen LogP contribution in [0.1, 0.15) is 29.5 Å². The van der Waals surface area contributed by atoms with Gasteiger partial charge in [0.25, 0.3) is 11.6 Å². The highest BCUT2D eigenvalue weighted by molar-refractivity contribution is 7.18. The van der Waals surface area contributed by atoms with E-state index >= 15 is 0 Å². The number of nitro groups is 1. The summed E-state index contributed by atoms with van der Waals surface area (Å²) in [5, 5.41) is 14.9. The molecular weight excluding hydrogens is 376 g/mol. The van der Waals surface area contributed by atoms with E-state index in [0.717, 1.165) is 35.5 Å². The topological polar surface area (TPSA) is 89.6 Å². The van der Waals surface area contributed by atoms with Crippen LogP contribution in [0.4, 0.5) is 11.4 Å². The molecule has 1 saturated heterocycles. The molecule has 0 radical (unpaired) electrons. The van der Waals surface area contributed by atoms with Crippen molar-refractivity contribution in [2.75, 3.05) is 18.4 Å². The number of aryl methyl sites for hydroxylation is 1. The highest BCUT2D eigenvalue weighted by atomic mass is 32.1. The molecule has 0 spiro atoms. The van der Waals surface area contributed by atoms with Crippen LogP contribution in [0, 0.1) is 17.0 Å². The van der Waals surface area contributed by atoms with E-state index in [9.17, 15) is 14.9 Å². The van der Waals surface area contributed by atoms with E-state index in [2.05, 4.69) is 11.4 Å². The first-order valence-electron chi connectivity index (χ1n) is 9.26. The van der Waals surface area contributed by atoms with Gasteiger partial charge in [-0.1, -0.05) is 18.2 Å². The molecule has 144 valence electrons. The molecule has 2 aromatic carbocycles. The number of amides is 1. The van der Waals surface area contributed by atoms with Crippen molar-refractivity contribution in [1.82, 2.24) is 4.98 Å². The minimum absolute atomic E-state index is 0.0261. The quantitative estimate of drug-likeness (QED) is 0.512. The molecule has 1 amide bonds. The molecule has 1 aromatic heterocycles. The maximum atomic E-state index is 12.6. The maximum absolute atomic E-state index is 12.6. The van der Waals surface area contributed by atoms with Gasteiger partial charge in [-0.3, -0.25) is 14.9 Å². The standard InChI is InChI=1S/C20H20N4O3S/c1-13-8-9-14(24(26)27)11-16(13)21-19(25)12-23-10-4-6-17(23)20-22-15-5-2-3-7-18(15)28-20/h2-3,5,7-9,11,17H,4,6,10,12H2,1H3,(H,21,25)/p+1/t17-/m0/s1. The predicted molar refractivity (Wildman–Crippen MR) is 109 cm³/mol. The normalized spacial score (nSPS) is 19.0. The van der Waals surface area contributed by atoms with Crippen LogP contribution in [0.5, 0.6) is 0 Å². The molecule has 1 unspecified atom stereocenters. The number of aromatic nitrogens is 1. The first-order valence-corrected chi connectivity index (χ1v) is 10.1. The fraction of sp³-hybridized carbons (Fsp3) is 0.300. The third-order valence-corrected chi connectivity index (χ3v) is 6.34. The van der Waals surface area contributed by atoms with E-state index in [1.165, 1.54) is 21.7 Å². The van der Waals surface area contributed by atoms with Gasteiger partial charge in [0.1, 0.15) is 6.04 Å². The number of rotatable bonds is 5. The fourth-order valence-corrected chi connectivity index (χ4v) is 4.88. The van der Waals surface area contributed by atoms with E-state index in [0.29, 0.717) is 12.2 Å². The molecule has 0 saturated carbocycles. The van der Waals surface area contributed by atoms with Crippen LogP contribution in [0.3, 0.4) is 0 Å². The third-order valence-electron chi connectivity index (χ3n) is 5.19. The van der Waals surface area contributed by atoms with Gasteiger partial charge >= 0.3 is 0 Å². The van der Waals surface area contributed by atoms with Crippen molar-refractivity contribution >= 4 is 38.8 Å². The largest absolute Gasteiger partial charge is 0.321 e. The minimum atomic E-state index is -0.454. The van der Waals surface area contributed by atoms with Gasteiger partial charge in [0, 0.05) is 25.0 Å². The van der Waals surface area contributed by atoms with Gasteiger partial charge in [-0.25, -0.2) is 4.98 Å². The molecule has 1 aliphatic rings. The van der Waals surface area contributed by atoms with Gasteiger partial charge in [-0.2, -0.15) is 0 Å². The van der Waals surface area contributed by atoms with Crippen molar-refractivity contribution in [2.24, 2.45) is 0 Å². The lowest BCUT2D eigenvalue weighted by molar-refractivity contribution is -0.910. The van der Waals surface area contributed by atoms with Gasteiger partial charge < -0.3 is 10.2 Å². The Labute approximate surface area is 166 Å². The number of fused-ring (bicyclic) bond motifs is 1. The van der Waals surface area contributed by atoms with Gasteiger partial charge in [0.15, 0.2) is 11.6 Å². The number of benzene rings is 2.